The molecule has 0 bridgehead atoms. The summed E-state index contributed by atoms with van der Waals surface area (Å²) in [4.78, 5) is 0. The predicted molar refractivity (Wildman–Crippen MR) is 44.0 cm³/mol. The molecule has 3 nitrogen and oxygen atoms in total. The van der Waals surface area contributed by atoms with Crippen LogP contribution in [0.3, 0.4) is 0 Å². The molecular formula is C6H12N2OS. The third-order valence-corrected chi connectivity index (χ3v) is 1.81. The van der Waals surface area contributed by atoms with Gasteiger partial charge in [0.2, 0.25) is 0 Å². The monoisotopic (exact) mass is 160 g/mol. The van der Waals surface area contributed by atoms with Gasteiger partial charge in [0.25, 0.3) is 0 Å². The summed E-state index contributed by atoms with van der Waals surface area (Å²) in [5, 5.41) is 6.68. The zero-order chi connectivity index (χ0) is 7.40. The third-order valence-electron chi connectivity index (χ3n) is 1.49. The first-order valence-electron chi connectivity index (χ1n) is 3.39. The van der Waals surface area contributed by atoms with Crippen molar-refractivity contribution in [2.45, 2.75) is 12.5 Å². The maximum Gasteiger partial charge on any atom is 0.166 e. The molecule has 0 aliphatic carbocycles. The molecule has 10 heavy (non-hydrogen) atoms. The Kier molecular flexibility index (Phi) is 2.89. The maximum absolute atomic E-state index is 5.15. The van der Waals surface area contributed by atoms with Crippen molar-refractivity contribution in [1.82, 2.24) is 10.6 Å². The van der Waals surface area contributed by atoms with Crippen molar-refractivity contribution in [1.29, 1.82) is 0 Å². The first-order valence-corrected chi connectivity index (χ1v) is 3.79. The van der Waals surface area contributed by atoms with Crippen LogP contribution in [-0.4, -0.2) is 31.4 Å². The average Bonchev–Trinajstić information content (AvgIpc) is 2.40. The van der Waals surface area contributed by atoms with Gasteiger partial charge in [0.1, 0.15) is 0 Å². The van der Waals surface area contributed by atoms with E-state index in [0.29, 0.717) is 11.2 Å². The van der Waals surface area contributed by atoms with Gasteiger partial charge in [-0.2, -0.15) is 0 Å². The number of thiocarbonyl (C=S) groups is 1. The van der Waals surface area contributed by atoms with Gasteiger partial charge in [-0.05, 0) is 18.6 Å². The van der Waals surface area contributed by atoms with Crippen LogP contribution in [-0.2, 0) is 4.74 Å². The van der Waals surface area contributed by atoms with Crippen molar-refractivity contribution in [3.8, 4) is 0 Å². The zero-order valence-electron chi connectivity index (χ0n) is 6.02. The lowest BCUT2D eigenvalue weighted by Crippen LogP contribution is -2.40. The highest BCUT2D eigenvalue weighted by atomic mass is 32.1. The van der Waals surface area contributed by atoms with Crippen LogP contribution in [0.4, 0.5) is 0 Å². The van der Waals surface area contributed by atoms with Gasteiger partial charge < -0.3 is 15.4 Å². The topological polar surface area (TPSA) is 33.3 Å². The quantitative estimate of drug-likeness (QED) is 0.523. The largest absolute Gasteiger partial charge is 0.379 e. The summed E-state index contributed by atoms with van der Waals surface area (Å²) in [6, 6.07) is 0.417. The van der Waals surface area contributed by atoms with E-state index in [0.717, 1.165) is 19.6 Å². The third kappa shape index (κ3) is 2.11. The molecule has 0 aromatic heterocycles. The number of nitrogens with one attached hydrogen (secondary N) is 2. The van der Waals surface area contributed by atoms with Crippen molar-refractivity contribution < 1.29 is 4.74 Å². The summed E-state index contributed by atoms with van der Waals surface area (Å²) in [6.45, 7) is 1.63. The lowest BCUT2D eigenvalue weighted by atomic mass is 10.3. The maximum atomic E-state index is 5.15. The van der Waals surface area contributed by atoms with Crippen LogP contribution in [0.25, 0.3) is 0 Å². The number of hydrogen-bond acceptors (Lipinski definition) is 2. The highest BCUT2D eigenvalue weighted by Crippen LogP contribution is 2.02. The van der Waals surface area contributed by atoms with Gasteiger partial charge in [0, 0.05) is 13.7 Å². The fraction of sp³-hybridized carbons (Fsp3) is 0.833. The number of rotatable bonds is 1. The second kappa shape index (κ2) is 3.73. The van der Waals surface area contributed by atoms with Crippen LogP contribution in [0.1, 0.15) is 6.42 Å². The van der Waals surface area contributed by atoms with Crippen molar-refractivity contribution >= 4 is 17.3 Å². The molecule has 1 aliphatic rings. The Hall–Kier alpha value is -0.350. The summed E-state index contributed by atoms with van der Waals surface area (Å²) in [5.41, 5.74) is 0. The zero-order valence-corrected chi connectivity index (χ0v) is 6.83. The Labute approximate surface area is 66.1 Å². The van der Waals surface area contributed by atoms with E-state index in [4.69, 9.17) is 17.0 Å². The molecule has 1 atom stereocenters. The van der Waals surface area contributed by atoms with Crippen LogP contribution in [0.2, 0.25) is 0 Å². The summed E-state index contributed by atoms with van der Waals surface area (Å²) in [6.07, 6.45) is 1.06. The molecule has 1 unspecified atom stereocenters. The molecule has 1 fully saturated rings. The first kappa shape index (κ1) is 7.75. The van der Waals surface area contributed by atoms with Gasteiger partial charge in [-0.25, -0.2) is 0 Å². The van der Waals surface area contributed by atoms with E-state index in [-0.39, 0.29) is 0 Å². The van der Waals surface area contributed by atoms with Gasteiger partial charge in [-0.1, -0.05) is 0 Å². The summed E-state index contributed by atoms with van der Waals surface area (Å²) >= 11 is 4.91. The molecule has 1 rings (SSSR count). The Morgan fingerprint density at radius 3 is 3.00 bits per heavy atom. The molecule has 0 saturated carbocycles. The van der Waals surface area contributed by atoms with Crippen molar-refractivity contribution in [2.75, 3.05) is 20.3 Å². The minimum absolute atomic E-state index is 0.417. The molecular weight excluding hydrogens is 148 g/mol. The standard InChI is InChI=1S/C6H12N2OS/c1-7-6(10)8-5-2-3-9-4-5/h5H,2-4H2,1H3,(H2,7,8,10). The molecule has 0 radical (unpaired) electrons. The highest BCUT2D eigenvalue weighted by Gasteiger charge is 2.14. The minimum Gasteiger partial charge on any atom is -0.379 e. The molecule has 1 saturated heterocycles. The second-order valence-electron chi connectivity index (χ2n) is 2.28. The fourth-order valence-electron chi connectivity index (χ4n) is 0.906. The van der Waals surface area contributed by atoms with Gasteiger partial charge in [-0.3, -0.25) is 0 Å². The van der Waals surface area contributed by atoms with Crippen LogP contribution in [0, 0.1) is 0 Å². The van der Waals surface area contributed by atoms with E-state index < -0.39 is 0 Å². The highest BCUT2D eigenvalue weighted by molar-refractivity contribution is 7.80. The summed E-state index contributed by atoms with van der Waals surface area (Å²) < 4.78 is 5.15. The SMILES string of the molecule is CNC(=S)NC1CCOC1. The smallest absolute Gasteiger partial charge is 0.166 e. The Morgan fingerprint density at radius 2 is 2.50 bits per heavy atom. The Balaban J connectivity index is 2.17. The molecule has 1 heterocycles. The van der Waals surface area contributed by atoms with E-state index in [2.05, 4.69) is 10.6 Å². The van der Waals surface area contributed by atoms with E-state index in [9.17, 15) is 0 Å². The number of hydrogen-bond donors (Lipinski definition) is 2. The minimum atomic E-state index is 0.417. The van der Waals surface area contributed by atoms with E-state index in [1.165, 1.54) is 0 Å². The van der Waals surface area contributed by atoms with Gasteiger partial charge in [-0.15, -0.1) is 0 Å². The predicted octanol–water partition coefficient (Wildman–Crippen LogP) is -0.131. The fourth-order valence-corrected chi connectivity index (χ4v) is 1.07. The van der Waals surface area contributed by atoms with Gasteiger partial charge in [0.05, 0.1) is 12.6 Å². The lowest BCUT2D eigenvalue weighted by molar-refractivity contribution is 0.192. The van der Waals surface area contributed by atoms with E-state index in [1.54, 1.807) is 0 Å². The molecule has 0 aromatic carbocycles. The molecule has 1 aliphatic heterocycles. The summed E-state index contributed by atoms with van der Waals surface area (Å²) in [7, 11) is 1.81. The second-order valence-corrected chi connectivity index (χ2v) is 2.69. The Bertz CT molecular complexity index is 123. The van der Waals surface area contributed by atoms with Crippen LogP contribution < -0.4 is 10.6 Å². The van der Waals surface area contributed by atoms with E-state index in [1.807, 2.05) is 7.05 Å². The first-order chi connectivity index (χ1) is 4.83. The molecule has 0 spiro atoms. The van der Waals surface area contributed by atoms with Crippen molar-refractivity contribution in [3.05, 3.63) is 0 Å². The van der Waals surface area contributed by atoms with Crippen LogP contribution in [0.15, 0.2) is 0 Å². The molecule has 4 heteroatoms. The summed E-state index contributed by atoms with van der Waals surface area (Å²) in [5.74, 6) is 0. The van der Waals surface area contributed by atoms with Crippen molar-refractivity contribution in [2.24, 2.45) is 0 Å². The van der Waals surface area contributed by atoms with Gasteiger partial charge >= 0.3 is 0 Å². The molecule has 2 N–H and O–H groups in total. The average molecular weight is 160 g/mol. The van der Waals surface area contributed by atoms with Gasteiger partial charge in [0.15, 0.2) is 5.11 Å². The van der Waals surface area contributed by atoms with Crippen molar-refractivity contribution in [3.63, 3.8) is 0 Å². The Morgan fingerprint density at radius 1 is 1.70 bits per heavy atom. The van der Waals surface area contributed by atoms with Crippen LogP contribution >= 0.6 is 12.2 Å². The molecule has 0 aromatic rings. The van der Waals surface area contributed by atoms with Crippen LogP contribution in [0.5, 0.6) is 0 Å². The van der Waals surface area contributed by atoms with E-state index >= 15 is 0 Å². The molecule has 58 valence electrons. The number of ether oxygens (including phenoxy) is 1. The lowest BCUT2D eigenvalue weighted by Gasteiger charge is -2.11. The molecule has 0 amide bonds. The normalized spacial score (nSPS) is 24.3.